The normalized spacial score (nSPS) is 12.0. The molecule has 0 bridgehead atoms. The second-order valence-electron chi connectivity index (χ2n) is 9.63. The minimum atomic E-state index is -4.24. The van der Waals surface area contributed by atoms with Gasteiger partial charge in [0.25, 0.3) is 10.0 Å². The molecule has 3 rings (SSSR count). The van der Waals surface area contributed by atoms with E-state index in [1.807, 2.05) is 45.0 Å². The molecule has 0 radical (unpaired) electrons. The van der Waals surface area contributed by atoms with E-state index in [-0.39, 0.29) is 23.0 Å². The van der Waals surface area contributed by atoms with Crippen LogP contribution in [0.4, 0.5) is 10.1 Å². The molecule has 0 heterocycles. The zero-order chi connectivity index (χ0) is 28.6. The number of amides is 2. The summed E-state index contributed by atoms with van der Waals surface area (Å²) in [6.07, 6.45) is 1.72. The topological polar surface area (TPSA) is 86.8 Å². The third-order valence-corrected chi connectivity index (χ3v) is 8.26. The van der Waals surface area contributed by atoms with E-state index in [0.717, 1.165) is 46.0 Å². The van der Waals surface area contributed by atoms with E-state index in [0.29, 0.717) is 6.54 Å². The van der Waals surface area contributed by atoms with Gasteiger partial charge in [0, 0.05) is 13.1 Å². The number of nitrogens with zero attached hydrogens (tertiary/aromatic N) is 2. The quantitative estimate of drug-likeness (QED) is 0.321. The van der Waals surface area contributed by atoms with Crippen LogP contribution in [0, 0.1) is 19.7 Å². The van der Waals surface area contributed by atoms with E-state index in [9.17, 15) is 22.4 Å². The Balaban J connectivity index is 1.98. The van der Waals surface area contributed by atoms with Crippen molar-refractivity contribution in [3.63, 3.8) is 0 Å². The summed E-state index contributed by atoms with van der Waals surface area (Å²) in [4.78, 5) is 28.1. The highest BCUT2D eigenvalue weighted by molar-refractivity contribution is 7.92. The highest BCUT2D eigenvalue weighted by Gasteiger charge is 2.32. The molecule has 208 valence electrons. The summed E-state index contributed by atoms with van der Waals surface area (Å²) in [7, 11) is -4.24. The second-order valence-corrected chi connectivity index (χ2v) is 11.5. The number of sulfonamides is 1. The zero-order valence-corrected chi connectivity index (χ0v) is 23.7. The van der Waals surface area contributed by atoms with Crippen LogP contribution in [-0.2, 0) is 26.2 Å². The Bertz CT molecular complexity index is 1360. The first kappa shape index (κ1) is 29.8. The van der Waals surface area contributed by atoms with E-state index in [1.165, 1.54) is 17.0 Å². The van der Waals surface area contributed by atoms with Gasteiger partial charge >= 0.3 is 0 Å². The predicted molar refractivity (Wildman–Crippen MR) is 151 cm³/mol. The Morgan fingerprint density at radius 1 is 0.897 bits per heavy atom. The van der Waals surface area contributed by atoms with Crippen molar-refractivity contribution in [1.29, 1.82) is 0 Å². The molecule has 0 aromatic heterocycles. The third kappa shape index (κ3) is 7.89. The summed E-state index contributed by atoms with van der Waals surface area (Å²) in [5, 5.41) is 2.87. The first-order valence-corrected chi connectivity index (χ1v) is 14.4. The molecule has 1 atom stereocenters. The van der Waals surface area contributed by atoms with E-state index in [1.54, 1.807) is 31.2 Å². The van der Waals surface area contributed by atoms with Gasteiger partial charge < -0.3 is 10.2 Å². The Morgan fingerprint density at radius 2 is 1.46 bits per heavy atom. The van der Waals surface area contributed by atoms with Gasteiger partial charge in [-0.1, -0.05) is 60.9 Å². The third-order valence-electron chi connectivity index (χ3n) is 6.47. The molecule has 0 aliphatic heterocycles. The molecule has 0 spiro atoms. The van der Waals surface area contributed by atoms with Crippen molar-refractivity contribution in [2.24, 2.45) is 0 Å². The number of benzene rings is 3. The van der Waals surface area contributed by atoms with Crippen LogP contribution in [0.3, 0.4) is 0 Å². The van der Waals surface area contributed by atoms with Crippen LogP contribution in [-0.4, -0.2) is 44.3 Å². The lowest BCUT2D eigenvalue weighted by molar-refractivity contribution is -0.139. The molecule has 3 aromatic carbocycles. The van der Waals surface area contributed by atoms with Crippen molar-refractivity contribution in [3.05, 3.63) is 95.3 Å². The maximum absolute atomic E-state index is 13.9. The molecule has 39 heavy (non-hydrogen) atoms. The fraction of sp³-hybridized carbons (Fsp3) is 0.333. The van der Waals surface area contributed by atoms with Crippen molar-refractivity contribution in [1.82, 2.24) is 10.2 Å². The number of carbonyl (C=O) groups excluding carboxylic acids is 2. The molecule has 0 aliphatic rings. The molecule has 2 amide bonds. The fourth-order valence-corrected chi connectivity index (χ4v) is 5.40. The summed E-state index contributed by atoms with van der Waals surface area (Å²) in [5.74, 6) is -1.42. The molecule has 7 nitrogen and oxygen atoms in total. The average molecular weight is 554 g/mol. The lowest BCUT2D eigenvalue weighted by Gasteiger charge is -2.32. The van der Waals surface area contributed by atoms with Crippen LogP contribution in [0.2, 0.25) is 0 Å². The van der Waals surface area contributed by atoms with E-state index in [4.69, 9.17) is 0 Å². The van der Waals surface area contributed by atoms with Crippen molar-refractivity contribution >= 4 is 27.5 Å². The van der Waals surface area contributed by atoms with Gasteiger partial charge in [0.2, 0.25) is 11.8 Å². The number of hydrogen-bond acceptors (Lipinski definition) is 4. The van der Waals surface area contributed by atoms with Gasteiger partial charge in [0.05, 0.1) is 10.6 Å². The van der Waals surface area contributed by atoms with E-state index in [2.05, 4.69) is 5.32 Å². The number of nitrogens with one attached hydrogen (secondary N) is 1. The molecular weight excluding hydrogens is 517 g/mol. The highest BCUT2D eigenvalue weighted by atomic mass is 32.2. The number of anilines is 1. The maximum atomic E-state index is 13.9. The molecular formula is C30H36FN3O4S. The van der Waals surface area contributed by atoms with Gasteiger partial charge in [-0.3, -0.25) is 13.9 Å². The molecule has 9 heteroatoms. The average Bonchev–Trinajstić information content (AvgIpc) is 2.91. The summed E-state index contributed by atoms with van der Waals surface area (Å²) in [6.45, 7) is 7.55. The largest absolute Gasteiger partial charge is 0.354 e. The van der Waals surface area contributed by atoms with Gasteiger partial charge in [0.1, 0.15) is 18.4 Å². The SMILES string of the molecule is CCCCNC(=O)[C@H](C)N(Cc1ccc(C)cc1)C(=O)CN(c1ccc(C)cc1)S(=O)(=O)c1ccc(F)cc1. The van der Waals surface area contributed by atoms with Crippen LogP contribution >= 0.6 is 0 Å². The van der Waals surface area contributed by atoms with Crippen molar-refractivity contribution < 1.29 is 22.4 Å². The highest BCUT2D eigenvalue weighted by Crippen LogP contribution is 2.25. The molecule has 0 saturated carbocycles. The van der Waals surface area contributed by atoms with Crippen LogP contribution < -0.4 is 9.62 Å². The fourth-order valence-electron chi connectivity index (χ4n) is 3.98. The number of unbranched alkanes of at least 4 members (excludes halogenated alkanes) is 1. The van der Waals surface area contributed by atoms with Gasteiger partial charge in [-0.25, -0.2) is 12.8 Å². The number of aryl methyl sites for hydroxylation is 2. The molecule has 0 fully saturated rings. The first-order chi connectivity index (χ1) is 18.5. The summed E-state index contributed by atoms with van der Waals surface area (Å²) in [6, 6.07) is 18.0. The Kier molecular flexibility index (Phi) is 10.2. The molecule has 0 unspecified atom stereocenters. The zero-order valence-electron chi connectivity index (χ0n) is 22.9. The molecule has 1 N–H and O–H groups in total. The summed E-state index contributed by atoms with van der Waals surface area (Å²) < 4.78 is 42.0. The number of carbonyl (C=O) groups is 2. The first-order valence-electron chi connectivity index (χ1n) is 13.0. The van der Waals surface area contributed by atoms with Crippen LogP contribution in [0.25, 0.3) is 0 Å². The van der Waals surface area contributed by atoms with Crippen LogP contribution in [0.15, 0.2) is 77.7 Å². The number of halogens is 1. The monoisotopic (exact) mass is 553 g/mol. The van der Waals surface area contributed by atoms with Gasteiger partial charge in [0.15, 0.2) is 0 Å². The lowest BCUT2D eigenvalue weighted by Crippen LogP contribution is -2.51. The standard InChI is InChI=1S/C30H36FN3O4S/c1-5-6-19-32-30(36)24(4)33(20-25-11-7-22(2)8-12-25)29(35)21-34(27-15-9-23(3)10-16-27)39(37,38)28-17-13-26(31)14-18-28/h7-18,24H,5-6,19-21H2,1-4H3,(H,32,36)/t24-/m0/s1. The Hall–Kier alpha value is -3.72. The van der Waals surface area contributed by atoms with Gasteiger partial charge in [-0.2, -0.15) is 0 Å². The lowest BCUT2D eigenvalue weighted by atomic mass is 10.1. The van der Waals surface area contributed by atoms with E-state index < -0.39 is 34.3 Å². The Morgan fingerprint density at radius 3 is 2.03 bits per heavy atom. The maximum Gasteiger partial charge on any atom is 0.264 e. The van der Waals surface area contributed by atoms with Crippen molar-refractivity contribution in [2.75, 3.05) is 17.4 Å². The van der Waals surface area contributed by atoms with Crippen LogP contribution in [0.5, 0.6) is 0 Å². The Labute approximate surface area is 230 Å². The second kappa shape index (κ2) is 13.4. The molecule has 0 saturated heterocycles. The smallest absolute Gasteiger partial charge is 0.264 e. The number of rotatable bonds is 12. The summed E-state index contributed by atoms with van der Waals surface area (Å²) >= 11 is 0. The van der Waals surface area contributed by atoms with Gasteiger partial charge in [-0.15, -0.1) is 0 Å². The number of hydrogen-bond donors (Lipinski definition) is 1. The minimum absolute atomic E-state index is 0.125. The van der Waals surface area contributed by atoms with Crippen molar-refractivity contribution in [3.8, 4) is 0 Å². The van der Waals surface area contributed by atoms with Crippen LogP contribution in [0.1, 0.15) is 43.4 Å². The minimum Gasteiger partial charge on any atom is -0.354 e. The predicted octanol–water partition coefficient (Wildman–Crippen LogP) is 4.97. The van der Waals surface area contributed by atoms with Gasteiger partial charge in [-0.05, 0) is 69.2 Å². The molecule has 3 aromatic rings. The summed E-state index contributed by atoms with van der Waals surface area (Å²) in [5.41, 5.74) is 3.07. The van der Waals surface area contributed by atoms with E-state index >= 15 is 0 Å². The molecule has 0 aliphatic carbocycles. The van der Waals surface area contributed by atoms with Crippen molar-refractivity contribution in [2.45, 2.75) is 58.0 Å².